The van der Waals surface area contributed by atoms with Gasteiger partial charge < -0.3 is 10.6 Å². The van der Waals surface area contributed by atoms with E-state index in [1.165, 1.54) is 0 Å². The lowest BCUT2D eigenvalue weighted by molar-refractivity contribution is -0.131. The van der Waals surface area contributed by atoms with Gasteiger partial charge in [-0.15, -0.1) is 0 Å². The van der Waals surface area contributed by atoms with E-state index >= 15 is 0 Å². The van der Waals surface area contributed by atoms with Crippen LogP contribution in [0.4, 0.5) is 0 Å². The van der Waals surface area contributed by atoms with Gasteiger partial charge in [0.1, 0.15) is 0 Å². The van der Waals surface area contributed by atoms with E-state index in [0.29, 0.717) is 30.2 Å². The van der Waals surface area contributed by atoms with Crippen LogP contribution in [0.5, 0.6) is 0 Å². The summed E-state index contributed by atoms with van der Waals surface area (Å²) in [6.45, 7) is 8.98. The van der Waals surface area contributed by atoms with Crippen LogP contribution in [-0.4, -0.2) is 30.4 Å². The lowest BCUT2D eigenvalue weighted by Gasteiger charge is -2.25. The molecule has 3 heteroatoms. The minimum Gasteiger partial charge on any atom is -0.342 e. The largest absolute Gasteiger partial charge is 0.342 e. The molecule has 1 heterocycles. The number of amides is 1. The summed E-state index contributed by atoms with van der Waals surface area (Å²) in [6, 6.07) is 0. The lowest BCUT2D eigenvalue weighted by atomic mass is 9.85. The SMILES string of the molecule is CC(CN)CN1CCC(C)(C)CCC1=O. The zero-order valence-corrected chi connectivity index (χ0v) is 10.3. The third-order valence-corrected chi connectivity index (χ3v) is 3.36. The van der Waals surface area contributed by atoms with Crippen molar-refractivity contribution in [3.63, 3.8) is 0 Å². The molecule has 1 atom stereocenters. The average Bonchev–Trinajstić information content (AvgIpc) is 2.31. The van der Waals surface area contributed by atoms with Crippen LogP contribution in [0.1, 0.15) is 40.0 Å². The highest BCUT2D eigenvalue weighted by molar-refractivity contribution is 5.76. The Kier molecular flexibility index (Phi) is 4.14. The van der Waals surface area contributed by atoms with E-state index in [1.807, 2.05) is 4.90 Å². The molecule has 1 saturated heterocycles. The molecule has 1 aliphatic heterocycles. The van der Waals surface area contributed by atoms with Crippen molar-refractivity contribution in [3.05, 3.63) is 0 Å². The maximum atomic E-state index is 11.8. The second kappa shape index (κ2) is 4.97. The number of hydrogen-bond donors (Lipinski definition) is 1. The van der Waals surface area contributed by atoms with Crippen LogP contribution in [0.2, 0.25) is 0 Å². The van der Waals surface area contributed by atoms with Gasteiger partial charge in [-0.1, -0.05) is 20.8 Å². The lowest BCUT2D eigenvalue weighted by Crippen LogP contribution is -2.36. The van der Waals surface area contributed by atoms with Gasteiger partial charge in [-0.3, -0.25) is 4.79 Å². The molecule has 0 aromatic carbocycles. The van der Waals surface area contributed by atoms with Gasteiger partial charge >= 0.3 is 0 Å². The molecular formula is C12H24N2O. The van der Waals surface area contributed by atoms with Crippen LogP contribution in [0.3, 0.4) is 0 Å². The zero-order valence-electron chi connectivity index (χ0n) is 10.3. The van der Waals surface area contributed by atoms with Crippen molar-refractivity contribution in [3.8, 4) is 0 Å². The summed E-state index contributed by atoms with van der Waals surface area (Å²) in [5.74, 6) is 0.719. The first kappa shape index (κ1) is 12.5. The molecule has 3 nitrogen and oxygen atoms in total. The molecule has 1 aliphatic rings. The molecule has 88 valence electrons. The van der Waals surface area contributed by atoms with Gasteiger partial charge in [0.25, 0.3) is 0 Å². The Morgan fingerprint density at radius 3 is 2.73 bits per heavy atom. The first-order valence-electron chi connectivity index (χ1n) is 5.92. The van der Waals surface area contributed by atoms with E-state index in [-0.39, 0.29) is 0 Å². The summed E-state index contributed by atoms with van der Waals surface area (Å²) in [5, 5.41) is 0. The van der Waals surface area contributed by atoms with Crippen molar-refractivity contribution in [2.75, 3.05) is 19.6 Å². The highest BCUT2D eigenvalue weighted by Gasteiger charge is 2.27. The van der Waals surface area contributed by atoms with Gasteiger partial charge in [0, 0.05) is 19.5 Å². The van der Waals surface area contributed by atoms with E-state index in [9.17, 15) is 4.79 Å². The fourth-order valence-corrected chi connectivity index (χ4v) is 1.93. The molecule has 0 aliphatic carbocycles. The monoisotopic (exact) mass is 212 g/mol. The zero-order chi connectivity index (χ0) is 11.5. The van der Waals surface area contributed by atoms with Crippen molar-refractivity contribution in [2.24, 2.45) is 17.1 Å². The van der Waals surface area contributed by atoms with Crippen LogP contribution in [0.15, 0.2) is 0 Å². The molecule has 0 aromatic heterocycles. The molecule has 0 radical (unpaired) electrons. The Hall–Kier alpha value is -0.570. The first-order chi connectivity index (χ1) is 6.94. The second-order valence-electron chi connectivity index (χ2n) is 5.59. The topological polar surface area (TPSA) is 46.3 Å². The summed E-state index contributed by atoms with van der Waals surface area (Å²) < 4.78 is 0. The third kappa shape index (κ3) is 3.82. The standard InChI is InChI=1S/C12H24N2O/c1-10(8-13)9-14-7-6-12(2,3)5-4-11(14)15/h10H,4-9,13H2,1-3H3. The molecule has 1 rings (SSSR count). The summed E-state index contributed by atoms with van der Waals surface area (Å²) in [4.78, 5) is 13.8. The van der Waals surface area contributed by atoms with Gasteiger partial charge in [0.15, 0.2) is 0 Å². The van der Waals surface area contributed by atoms with E-state index < -0.39 is 0 Å². The van der Waals surface area contributed by atoms with Crippen LogP contribution in [0, 0.1) is 11.3 Å². The average molecular weight is 212 g/mol. The molecule has 0 bridgehead atoms. The number of carbonyl (C=O) groups excluding carboxylic acids is 1. The fourth-order valence-electron chi connectivity index (χ4n) is 1.93. The molecule has 2 N–H and O–H groups in total. The highest BCUT2D eigenvalue weighted by atomic mass is 16.2. The van der Waals surface area contributed by atoms with Crippen molar-refractivity contribution in [1.82, 2.24) is 4.90 Å². The fraction of sp³-hybridized carbons (Fsp3) is 0.917. The Morgan fingerprint density at radius 1 is 1.47 bits per heavy atom. The number of likely N-dealkylation sites (tertiary alicyclic amines) is 1. The van der Waals surface area contributed by atoms with Crippen molar-refractivity contribution in [2.45, 2.75) is 40.0 Å². The molecule has 1 unspecified atom stereocenters. The summed E-state index contributed by atoms with van der Waals surface area (Å²) in [5.41, 5.74) is 5.90. The van der Waals surface area contributed by atoms with Gasteiger partial charge in [-0.25, -0.2) is 0 Å². The smallest absolute Gasteiger partial charge is 0.222 e. The normalized spacial score (nSPS) is 23.7. The van der Waals surface area contributed by atoms with Gasteiger partial charge in [0.05, 0.1) is 0 Å². The van der Waals surface area contributed by atoms with Crippen molar-refractivity contribution < 1.29 is 4.79 Å². The Labute approximate surface area is 93.0 Å². The summed E-state index contributed by atoms with van der Waals surface area (Å²) in [7, 11) is 0. The Morgan fingerprint density at radius 2 is 2.13 bits per heavy atom. The van der Waals surface area contributed by atoms with Crippen LogP contribution >= 0.6 is 0 Å². The molecular weight excluding hydrogens is 188 g/mol. The molecule has 1 fully saturated rings. The molecule has 1 amide bonds. The minimum absolute atomic E-state index is 0.306. The predicted molar refractivity (Wildman–Crippen MR) is 62.4 cm³/mol. The van der Waals surface area contributed by atoms with E-state index in [2.05, 4.69) is 20.8 Å². The van der Waals surface area contributed by atoms with E-state index in [4.69, 9.17) is 5.73 Å². The number of nitrogens with zero attached hydrogens (tertiary/aromatic N) is 1. The van der Waals surface area contributed by atoms with E-state index in [1.54, 1.807) is 0 Å². The molecule has 15 heavy (non-hydrogen) atoms. The molecule has 0 spiro atoms. The Balaban J connectivity index is 2.54. The van der Waals surface area contributed by atoms with Gasteiger partial charge in [0.2, 0.25) is 5.91 Å². The third-order valence-electron chi connectivity index (χ3n) is 3.36. The number of nitrogens with two attached hydrogens (primary N) is 1. The summed E-state index contributed by atoms with van der Waals surface area (Å²) in [6.07, 6.45) is 2.82. The number of hydrogen-bond acceptors (Lipinski definition) is 2. The highest BCUT2D eigenvalue weighted by Crippen LogP contribution is 2.30. The first-order valence-corrected chi connectivity index (χ1v) is 5.92. The van der Waals surface area contributed by atoms with Gasteiger partial charge in [-0.05, 0) is 30.7 Å². The van der Waals surface area contributed by atoms with Gasteiger partial charge in [-0.2, -0.15) is 0 Å². The quantitative estimate of drug-likeness (QED) is 0.772. The maximum Gasteiger partial charge on any atom is 0.222 e. The van der Waals surface area contributed by atoms with Crippen LogP contribution in [-0.2, 0) is 4.79 Å². The van der Waals surface area contributed by atoms with Crippen LogP contribution in [0.25, 0.3) is 0 Å². The molecule has 0 aromatic rings. The van der Waals surface area contributed by atoms with Crippen LogP contribution < -0.4 is 5.73 Å². The second-order valence-corrected chi connectivity index (χ2v) is 5.59. The van der Waals surface area contributed by atoms with Crippen molar-refractivity contribution in [1.29, 1.82) is 0 Å². The predicted octanol–water partition coefficient (Wildman–Crippen LogP) is 1.62. The summed E-state index contributed by atoms with van der Waals surface area (Å²) >= 11 is 0. The maximum absolute atomic E-state index is 11.8. The van der Waals surface area contributed by atoms with E-state index in [0.717, 1.165) is 25.9 Å². The van der Waals surface area contributed by atoms with Crippen molar-refractivity contribution >= 4 is 5.91 Å². The minimum atomic E-state index is 0.306. The Bertz CT molecular complexity index is 226. The molecule has 0 saturated carbocycles. The number of rotatable bonds is 3. The number of carbonyl (C=O) groups is 1.